The molecule has 1 N–H and O–H groups in total. The van der Waals surface area contributed by atoms with E-state index >= 15 is 8.78 Å². The van der Waals surface area contributed by atoms with Crippen LogP contribution in [0.2, 0.25) is 0 Å². The molecule has 3 aromatic heterocycles. The zero-order valence-electron chi connectivity index (χ0n) is 33.8. The van der Waals surface area contributed by atoms with Gasteiger partial charge in [-0.15, -0.1) is 6.42 Å². The van der Waals surface area contributed by atoms with Crippen LogP contribution in [0.25, 0.3) is 32.9 Å². The molecule has 2 bridgehead atoms. The van der Waals surface area contributed by atoms with Crippen LogP contribution in [0, 0.1) is 24.0 Å². The lowest BCUT2D eigenvalue weighted by Crippen LogP contribution is -2.60. The van der Waals surface area contributed by atoms with Gasteiger partial charge in [-0.05, 0) is 81.5 Å². The van der Waals surface area contributed by atoms with E-state index in [2.05, 4.69) is 27.5 Å². The molecule has 0 radical (unpaired) electrons. The van der Waals surface area contributed by atoms with Crippen molar-refractivity contribution in [2.75, 3.05) is 31.1 Å². The number of phenols is 1. The first-order valence-corrected chi connectivity index (χ1v) is 21.6. The summed E-state index contributed by atoms with van der Waals surface area (Å²) in [6.45, 7) is 4.50. The number of aromatic nitrogens is 3. The van der Waals surface area contributed by atoms with Crippen molar-refractivity contribution in [1.82, 2.24) is 24.8 Å². The number of alkyl halides is 1. The van der Waals surface area contributed by atoms with E-state index in [4.69, 9.17) is 34.9 Å². The van der Waals surface area contributed by atoms with E-state index in [9.17, 15) is 14.3 Å². The number of aromatic hydroxyl groups is 1. The Bertz CT molecular complexity index is 2590. The third-order valence-corrected chi connectivity index (χ3v) is 13.9. The molecular weight excluding hydrogens is 774 g/mol. The number of benzene rings is 2. The number of nitrogens with zero attached hydrogens (tertiary/aromatic N) is 6. The Kier molecular flexibility index (Phi) is 10.0. The quantitative estimate of drug-likeness (QED) is 0.103. The largest absolute Gasteiger partial charge is 0.519 e. The second kappa shape index (κ2) is 15.4. The minimum Gasteiger partial charge on any atom is -0.508 e. The molecule has 5 aromatic rings. The summed E-state index contributed by atoms with van der Waals surface area (Å²) in [6, 6.07) is 5.69. The van der Waals surface area contributed by atoms with Gasteiger partial charge in [0, 0.05) is 55.0 Å². The van der Waals surface area contributed by atoms with E-state index in [1.54, 1.807) is 0 Å². The maximum Gasteiger partial charge on any atom is 0.519 e. The molecule has 14 heteroatoms. The van der Waals surface area contributed by atoms with Crippen LogP contribution in [0.4, 0.5) is 19.0 Å². The van der Waals surface area contributed by atoms with Gasteiger partial charge in [0.1, 0.15) is 41.4 Å². The maximum atomic E-state index is 17.6. The molecule has 0 aliphatic carbocycles. The fraction of sp³-hybridized carbons (Fsp3) is 0.522. The van der Waals surface area contributed by atoms with Crippen molar-refractivity contribution in [3.63, 3.8) is 0 Å². The third kappa shape index (κ3) is 6.59. The number of unbranched alkanes of at least 4 members (excludes halogenated alkanes) is 3. The summed E-state index contributed by atoms with van der Waals surface area (Å²) >= 11 is 0. The predicted octanol–water partition coefficient (Wildman–Crippen LogP) is 7.99. The first kappa shape index (κ1) is 39.0. The number of halogens is 3. The van der Waals surface area contributed by atoms with E-state index in [-0.39, 0.29) is 64.2 Å². The zero-order chi connectivity index (χ0) is 41.3. The number of pyridine rings is 1. The minimum atomic E-state index is -0.955. The number of hydrogen-bond acceptors (Lipinski definition) is 11. The molecule has 5 aliphatic rings. The standard InChI is InChI=1S/C46H49F3N6O5/c1-3-5-6-7-12-36-37(60-45(57)59-36)24-54-28-14-16-35(54)34-11-8-10-33-39-42(40(49)41(50-33)31-20-29(56)19-26-13-15-32(48)30(4-2)38(26)31)51-44(52-43(39)55(34)23-28)58-25-46-17-9-18-53(46)22-27(47)21-46/h2,13,15,19-20,27-28,34-35,56H,3,5-12,14,16-18,21-25H2,1H3/t27-,28-,34?,35+,46+/m1/s1. The number of phenolic OH excluding ortho intramolecular Hbond substituents is 1. The average Bonchev–Trinajstić information content (AvgIpc) is 3.95. The number of fused-ring (bicyclic) bond motifs is 7. The molecule has 5 atom stereocenters. The molecular formula is C46H49F3N6O5. The van der Waals surface area contributed by atoms with Crippen molar-refractivity contribution in [2.45, 2.75) is 127 Å². The summed E-state index contributed by atoms with van der Waals surface area (Å²) < 4.78 is 65.3. The van der Waals surface area contributed by atoms with E-state index < -0.39 is 29.2 Å². The van der Waals surface area contributed by atoms with Gasteiger partial charge in [0.05, 0.1) is 28.7 Å². The first-order valence-electron chi connectivity index (χ1n) is 21.6. The fourth-order valence-electron chi connectivity index (χ4n) is 11.2. The van der Waals surface area contributed by atoms with Crippen LogP contribution >= 0.6 is 0 Å². The second-order valence-electron chi connectivity index (χ2n) is 17.5. The fourth-order valence-corrected chi connectivity index (χ4v) is 11.2. The van der Waals surface area contributed by atoms with Crippen LogP contribution in [-0.4, -0.2) is 85.9 Å². The van der Waals surface area contributed by atoms with Crippen LogP contribution in [0.15, 0.2) is 37.9 Å². The van der Waals surface area contributed by atoms with Crippen molar-refractivity contribution in [3.05, 3.63) is 69.3 Å². The van der Waals surface area contributed by atoms with Gasteiger partial charge in [-0.25, -0.2) is 22.9 Å². The Labute approximate surface area is 345 Å². The number of hydrogen-bond donors (Lipinski definition) is 1. The van der Waals surface area contributed by atoms with Crippen molar-refractivity contribution >= 4 is 27.5 Å². The normalized spacial score (nSPS) is 25.1. The highest BCUT2D eigenvalue weighted by Gasteiger charge is 2.50. The van der Waals surface area contributed by atoms with Gasteiger partial charge in [0.15, 0.2) is 17.3 Å². The highest BCUT2D eigenvalue weighted by Crippen LogP contribution is 2.46. The molecule has 4 fully saturated rings. The number of anilines is 1. The molecule has 11 nitrogen and oxygen atoms in total. The van der Waals surface area contributed by atoms with Gasteiger partial charge in [0.2, 0.25) is 0 Å². The Morgan fingerprint density at radius 1 is 1.02 bits per heavy atom. The molecule has 0 saturated carbocycles. The van der Waals surface area contributed by atoms with Crippen molar-refractivity contribution < 1.29 is 31.8 Å². The summed E-state index contributed by atoms with van der Waals surface area (Å²) in [4.78, 5) is 34.1. The minimum absolute atomic E-state index is 0.00374. The van der Waals surface area contributed by atoms with Gasteiger partial charge in [-0.2, -0.15) is 9.97 Å². The van der Waals surface area contributed by atoms with E-state index in [1.807, 2.05) is 0 Å². The smallest absolute Gasteiger partial charge is 0.508 e. The second-order valence-corrected chi connectivity index (χ2v) is 17.5. The number of rotatable bonds is 11. The molecule has 2 aromatic carbocycles. The summed E-state index contributed by atoms with van der Waals surface area (Å²) in [5.41, 5.74) is 0.0770. The van der Waals surface area contributed by atoms with Crippen LogP contribution in [0.1, 0.15) is 100 Å². The van der Waals surface area contributed by atoms with Gasteiger partial charge < -0.3 is 23.6 Å². The topological polar surface area (TPSA) is 121 Å². The molecule has 0 spiro atoms. The molecule has 4 saturated heterocycles. The SMILES string of the molecule is C#Cc1c(F)ccc2cc(O)cc(-c3nc4c5c(nc(OC[C@@]67CCCN6C[C@H](F)C7)nc5c3F)N3C[C@H]5CC[C@@H](C3CCC4)N5Cc3oc(=O)oc3CCCCCC)c12. The Hall–Kier alpha value is -5.13. The summed E-state index contributed by atoms with van der Waals surface area (Å²) in [7, 11) is 0. The Balaban J connectivity index is 1.08. The van der Waals surface area contributed by atoms with Crippen molar-refractivity contribution in [2.24, 2.45) is 0 Å². The van der Waals surface area contributed by atoms with E-state index in [1.165, 1.54) is 24.3 Å². The van der Waals surface area contributed by atoms with Gasteiger partial charge in [0.25, 0.3) is 0 Å². The molecule has 314 valence electrons. The number of piperazine rings is 1. The lowest BCUT2D eigenvalue weighted by molar-refractivity contribution is 0.106. The molecule has 8 heterocycles. The molecule has 1 unspecified atom stereocenters. The molecule has 5 aliphatic heterocycles. The maximum absolute atomic E-state index is 17.6. The summed E-state index contributed by atoms with van der Waals surface area (Å²) in [5.74, 6) is 1.93. The Morgan fingerprint density at radius 2 is 1.88 bits per heavy atom. The molecule has 60 heavy (non-hydrogen) atoms. The molecule has 0 amide bonds. The van der Waals surface area contributed by atoms with Crippen LogP contribution in [0.3, 0.4) is 0 Å². The van der Waals surface area contributed by atoms with Crippen LogP contribution in [0.5, 0.6) is 11.8 Å². The van der Waals surface area contributed by atoms with Gasteiger partial charge in [-0.3, -0.25) is 9.80 Å². The van der Waals surface area contributed by atoms with Gasteiger partial charge in [-0.1, -0.05) is 38.2 Å². The van der Waals surface area contributed by atoms with Crippen molar-refractivity contribution in [1.29, 1.82) is 0 Å². The lowest BCUT2D eigenvalue weighted by atomic mass is 9.92. The van der Waals surface area contributed by atoms with Crippen LogP contribution < -0.4 is 15.5 Å². The Morgan fingerprint density at radius 3 is 2.73 bits per heavy atom. The number of terminal acetylenes is 1. The highest BCUT2D eigenvalue weighted by molar-refractivity contribution is 6.03. The lowest BCUT2D eigenvalue weighted by Gasteiger charge is -2.48. The zero-order valence-corrected chi connectivity index (χ0v) is 33.8. The summed E-state index contributed by atoms with van der Waals surface area (Å²) in [6.07, 6.45) is 15.6. The van der Waals surface area contributed by atoms with Crippen molar-refractivity contribution in [3.8, 4) is 35.4 Å². The number of aryl methyl sites for hydroxylation is 2. The van der Waals surface area contributed by atoms with Crippen LogP contribution in [-0.2, 0) is 19.4 Å². The highest BCUT2D eigenvalue weighted by atomic mass is 19.1. The predicted molar refractivity (Wildman–Crippen MR) is 220 cm³/mol. The van der Waals surface area contributed by atoms with Gasteiger partial charge >= 0.3 is 11.8 Å². The van der Waals surface area contributed by atoms with E-state index in [0.717, 1.165) is 70.8 Å². The molecule has 10 rings (SSSR count). The first-order chi connectivity index (χ1) is 29.1. The average molecular weight is 823 g/mol. The summed E-state index contributed by atoms with van der Waals surface area (Å²) in [5, 5.41) is 12.0. The monoisotopic (exact) mass is 822 g/mol. The van der Waals surface area contributed by atoms with E-state index in [0.29, 0.717) is 72.7 Å². The number of ether oxygens (including phenoxy) is 1. The third-order valence-electron chi connectivity index (χ3n) is 13.9.